The van der Waals surface area contributed by atoms with Crippen molar-refractivity contribution in [2.24, 2.45) is 0 Å². The normalized spacial score (nSPS) is 11.2. The standard InChI is InChI=1S/C25H22ClN3O4S3/c1-14-5-4-6-15(2)22(14)29-36(31,32)18-10-7-16(8-11-18)27-25(34)28-24(30)23-21(26)19-12-9-17(33-3)13-20(19)35-23/h4-13,29H,1-3H3,(H2,27,28,30,34). The maximum Gasteiger partial charge on any atom is 0.269 e. The van der Waals surface area contributed by atoms with E-state index in [4.69, 9.17) is 28.6 Å². The molecule has 0 fully saturated rings. The molecular weight excluding hydrogens is 538 g/mol. The van der Waals surface area contributed by atoms with Crippen LogP contribution in [0.5, 0.6) is 5.75 Å². The van der Waals surface area contributed by atoms with Crippen molar-refractivity contribution < 1.29 is 17.9 Å². The van der Waals surface area contributed by atoms with Crippen LogP contribution >= 0.6 is 35.2 Å². The fraction of sp³-hybridized carbons (Fsp3) is 0.120. The predicted octanol–water partition coefficient (Wildman–Crippen LogP) is 6.11. The average Bonchev–Trinajstić information content (AvgIpc) is 3.17. The number of carbonyl (C=O) groups is 1. The fourth-order valence-corrected chi connectivity index (χ4v) is 6.38. The van der Waals surface area contributed by atoms with E-state index in [1.54, 1.807) is 31.4 Å². The topological polar surface area (TPSA) is 96.5 Å². The molecule has 0 aliphatic carbocycles. The van der Waals surface area contributed by atoms with Crippen LogP contribution in [0.1, 0.15) is 20.8 Å². The highest BCUT2D eigenvalue weighted by molar-refractivity contribution is 7.92. The summed E-state index contributed by atoms with van der Waals surface area (Å²) < 4.78 is 34.4. The maximum atomic E-state index is 12.9. The number of benzene rings is 3. The van der Waals surface area contributed by atoms with Crippen LogP contribution in [0.15, 0.2) is 65.6 Å². The third kappa shape index (κ3) is 5.46. The second-order valence-electron chi connectivity index (χ2n) is 7.91. The number of halogens is 1. The first-order valence-electron chi connectivity index (χ1n) is 10.7. The maximum absolute atomic E-state index is 12.9. The number of hydrogen-bond donors (Lipinski definition) is 3. The summed E-state index contributed by atoms with van der Waals surface area (Å²) in [6.07, 6.45) is 0. The van der Waals surface area contributed by atoms with Gasteiger partial charge in [0.25, 0.3) is 15.9 Å². The smallest absolute Gasteiger partial charge is 0.269 e. The van der Waals surface area contributed by atoms with Gasteiger partial charge in [-0.2, -0.15) is 0 Å². The summed E-state index contributed by atoms with van der Waals surface area (Å²) in [7, 11) is -2.22. The molecule has 0 aliphatic heterocycles. The summed E-state index contributed by atoms with van der Waals surface area (Å²) in [5, 5.41) is 6.63. The molecule has 0 aliphatic rings. The van der Waals surface area contributed by atoms with Crippen molar-refractivity contribution in [3.8, 4) is 5.75 Å². The van der Waals surface area contributed by atoms with Gasteiger partial charge >= 0.3 is 0 Å². The molecule has 0 spiro atoms. The molecule has 36 heavy (non-hydrogen) atoms. The molecule has 4 rings (SSSR count). The third-order valence-electron chi connectivity index (χ3n) is 5.41. The molecule has 0 saturated heterocycles. The molecule has 0 unspecified atom stereocenters. The van der Waals surface area contributed by atoms with Gasteiger partial charge in [0, 0.05) is 15.8 Å². The van der Waals surface area contributed by atoms with Crippen LogP contribution in [-0.2, 0) is 10.0 Å². The number of thiocarbonyl (C=S) groups is 1. The number of fused-ring (bicyclic) bond motifs is 1. The highest BCUT2D eigenvalue weighted by Crippen LogP contribution is 2.37. The average molecular weight is 560 g/mol. The van der Waals surface area contributed by atoms with Crippen LogP contribution in [0.25, 0.3) is 10.1 Å². The number of ether oxygens (including phenoxy) is 1. The number of anilines is 2. The first-order valence-corrected chi connectivity index (χ1v) is 13.7. The number of sulfonamides is 1. The van der Waals surface area contributed by atoms with Gasteiger partial charge in [-0.3, -0.25) is 14.8 Å². The molecule has 4 aromatic rings. The van der Waals surface area contributed by atoms with E-state index in [1.165, 1.54) is 23.5 Å². The van der Waals surface area contributed by atoms with Crippen molar-refractivity contribution in [2.75, 3.05) is 17.1 Å². The van der Waals surface area contributed by atoms with Gasteiger partial charge in [-0.25, -0.2) is 8.42 Å². The van der Waals surface area contributed by atoms with Gasteiger partial charge in [-0.05, 0) is 79.7 Å². The highest BCUT2D eigenvalue weighted by atomic mass is 35.5. The summed E-state index contributed by atoms with van der Waals surface area (Å²) in [5.74, 6) is 0.217. The second kappa shape index (κ2) is 10.4. The van der Waals surface area contributed by atoms with Gasteiger partial charge in [0.15, 0.2) is 5.11 Å². The molecule has 0 atom stereocenters. The van der Waals surface area contributed by atoms with Gasteiger partial charge < -0.3 is 10.1 Å². The zero-order valence-electron chi connectivity index (χ0n) is 19.5. The Balaban J connectivity index is 1.43. The summed E-state index contributed by atoms with van der Waals surface area (Å²) in [5.41, 5.74) is 2.73. The largest absolute Gasteiger partial charge is 0.497 e. The highest BCUT2D eigenvalue weighted by Gasteiger charge is 2.19. The lowest BCUT2D eigenvalue weighted by Gasteiger charge is -2.14. The van der Waals surface area contributed by atoms with Crippen molar-refractivity contribution in [1.82, 2.24) is 5.32 Å². The van der Waals surface area contributed by atoms with Crippen molar-refractivity contribution in [2.45, 2.75) is 18.7 Å². The lowest BCUT2D eigenvalue weighted by Crippen LogP contribution is -2.33. The number of methoxy groups -OCH3 is 1. The van der Waals surface area contributed by atoms with E-state index < -0.39 is 15.9 Å². The minimum Gasteiger partial charge on any atom is -0.497 e. The molecule has 0 bridgehead atoms. The number of rotatable bonds is 6. The number of para-hydroxylation sites is 1. The number of hydrogen-bond acceptors (Lipinski definition) is 6. The molecule has 1 aromatic heterocycles. The van der Waals surface area contributed by atoms with Crippen LogP contribution in [0.2, 0.25) is 5.02 Å². The van der Waals surface area contributed by atoms with E-state index >= 15 is 0 Å². The van der Waals surface area contributed by atoms with Gasteiger partial charge in [0.05, 0.1) is 22.7 Å². The van der Waals surface area contributed by atoms with E-state index in [0.717, 1.165) is 21.2 Å². The van der Waals surface area contributed by atoms with Gasteiger partial charge in [0.2, 0.25) is 0 Å². The van der Waals surface area contributed by atoms with Crippen LogP contribution in [-0.4, -0.2) is 26.5 Å². The zero-order valence-corrected chi connectivity index (χ0v) is 22.7. The quantitative estimate of drug-likeness (QED) is 0.247. The van der Waals surface area contributed by atoms with E-state index in [-0.39, 0.29) is 10.0 Å². The minimum atomic E-state index is -3.78. The Bertz CT molecular complexity index is 1560. The molecule has 7 nitrogen and oxygen atoms in total. The molecule has 3 aromatic carbocycles. The Labute approximate surface area is 223 Å². The first-order chi connectivity index (χ1) is 17.1. The number of nitrogens with one attached hydrogen (secondary N) is 3. The van der Waals surface area contributed by atoms with E-state index in [9.17, 15) is 13.2 Å². The Hall–Kier alpha value is -3.18. The summed E-state index contributed by atoms with van der Waals surface area (Å²) in [6, 6.07) is 17.0. The van der Waals surface area contributed by atoms with E-state index in [0.29, 0.717) is 27.0 Å². The van der Waals surface area contributed by atoms with Crippen molar-refractivity contribution in [1.29, 1.82) is 0 Å². The third-order valence-corrected chi connectivity index (χ3v) is 8.64. The Morgan fingerprint density at radius 1 is 1.03 bits per heavy atom. The second-order valence-corrected chi connectivity index (χ2v) is 11.4. The van der Waals surface area contributed by atoms with Crippen molar-refractivity contribution >= 4 is 77.7 Å². The Kier molecular flexibility index (Phi) is 7.51. The monoisotopic (exact) mass is 559 g/mol. The Morgan fingerprint density at radius 2 is 1.69 bits per heavy atom. The molecule has 0 saturated carbocycles. The number of aryl methyl sites for hydroxylation is 2. The number of amides is 1. The Morgan fingerprint density at radius 3 is 2.33 bits per heavy atom. The van der Waals surface area contributed by atoms with E-state index in [1.807, 2.05) is 38.1 Å². The number of carbonyl (C=O) groups excluding carboxylic acids is 1. The van der Waals surface area contributed by atoms with Crippen LogP contribution in [0, 0.1) is 13.8 Å². The predicted molar refractivity (Wildman–Crippen MR) is 150 cm³/mol. The number of thiophene rings is 1. The SMILES string of the molecule is COc1ccc2c(Cl)c(C(=O)NC(=S)Nc3ccc(S(=O)(=O)Nc4c(C)cccc4C)cc3)sc2c1. The zero-order chi connectivity index (χ0) is 26.0. The van der Waals surface area contributed by atoms with Crippen molar-refractivity contribution in [3.05, 3.63) is 81.7 Å². The summed E-state index contributed by atoms with van der Waals surface area (Å²) >= 11 is 12.9. The van der Waals surface area contributed by atoms with Crippen LogP contribution < -0.4 is 20.1 Å². The summed E-state index contributed by atoms with van der Waals surface area (Å²) in [4.78, 5) is 13.2. The van der Waals surface area contributed by atoms with Crippen LogP contribution in [0.4, 0.5) is 11.4 Å². The van der Waals surface area contributed by atoms with Crippen molar-refractivity contribution in [3.63, 3.8) is 0 Å². The molecule has 3 N–H and O–H groups in total. The van der Waals surface area contributed by atoms with Gasteiger partial charge in [-0.1, -0.05) is 29.8 Å². The molecule has 1 heterocycles. The minimum absolute atomic E-state index is 0.0513. The lowest BCUT2D eigenvalue weighted by molar-refractivity contribution is 0.0982. The molecule has 1 amide bonds. The van der Waals surface area contributed by atoms with E-state index in [2.05, 4.69) is 15.4 Å². The lowest BCUT2D eigenvalue weighted by atomic mass is 10.1. The molecule has 11 heteroatoms. The summed E-state index contributed by atoms with van der Waals surface area (Å²) in [6.45, 7) is 3.69. The van der Waals surface area contributed by atoms with Gasteiger partial charge in [0.1, 0.15) is 10.6 Å². The van der Waals surface area contributed by atoms with Gasteiger partial charge in [-0.15, -0.1) is 11.3 Å². The molecular formula is C25H22ClN3O4S3. The molecule has 0 radical (unpaired) electrons. The molecule has 186 valence electrons. The first kappa shape index (κ1) is 25.9. The fourth-order valence-electron chi connectivity index (χ4n) is 3.53. The van der Waals surface area contributed by atoms with Crippen LogP contribution in [0.3, 0.4) is 0 Å².